The van der Waals surface area contributed by atoms with Crippen molar-refractivity contribution >= 4 is 17.5 Å². The summed E-state index contributed by atoms with van der Waals surface area (Å²) in [6.45, 7) is 1.11. The molecule has 3 heterocycles. The van der Waals surface area contributed by atoms with E-state index in [4.69, 9.17) is 11.6 Å². The first kappa shape index (κ1) is 14.9. The number of aromatic nitrogens is 5. The average molecular weight is 343 g/mol. The summed E-state index contributed by atoms with van der Waals surface area (Å²) in [7, 11) is 1.87. The van der Waals surface area contributed by atoms with E-state index >= 15 is 0 Å². The molecule has 2 aromatic heterocycles. The lowest BCUT2D eigenvalue weighted by atomic mass is 10.1. The van der Waals surface area contributed by atoms with Gasteiger partial charge < -0.3 is 4.90 Å². The lowest BCUT2D eigenvalue weighted by molar-refractivity contribution is 0.0731. The zero-order chi connectivity index (χ0) is 16.7. The molecule has 1 aliphatic heterocycles. The Kier molecular flexibility index (Phi) is 3.57. The molecule has 1 aliphatic rings. The Hall–Kier alpha value is -2.67. The Labute approximate surface area is 143 Å². The molecule has 1 aromatic carbocycles. The molecule has 8 heteroatoms. The summed E-state index contributed by atoms with van der Waals surface area (Å²) >= 11 is 6.18. The second kappa shape index (κ2) is 5.76. The van der Waals surface area contributed by atoms with Gasteiger partial charge in [-0.25, -0.2) is 4.68 Å². The van der Waals surface area contributed by atoms with Crippen molar-refractivity contribution in [3.05, 3.63) is 58.6 Å². The summed E-state index contributed by atoms with van der Waals surface area (Å²) in [6.07, 6.45) is 4.02. The molecule has 0 fully saturated rings. The van der Waals surface area contributed by atoms with Gasteiger partial charge in [0.05, 0.1) is 34.7 Å². The molecule has 24 heavy (non-hydrogen) atoms. The number of aryl methyl sites for hydroxylation is 1. The number of amides is 1. The van der Waals surface area contributed by atoms with Crippen LogP contribution < -0.4 is 0 Å². The largest absolute Gasteiger partial charge is 0.332 e. The summed E-state index contributed by atoms with van der Waals surface area (Å²) < 4.78 is 3.39. The summed E-state index contributed by atoms with van der Waals surface area (Å²) in [6, 6.07) is 7.38. The summed E-state index contributed by atoms with van der Waals surface area (Å²) in [4.78, 5) is 14.5. The van der Waals surface area contributed by atoms with Gasteiger partial charge in [0.1, 0.15) is 5.69 Å². The quantitative estimate of drug-likeness (QED) is 0.712. The van der Waals surface area contributed by atoms with Crippen LogP contribution >= 0.6 is 11.6 Å². The third-order valence-corrected chi connectivity index (χ3v) is 4.52. The van der Waals surface area contributed by atoms with Gasteiger partial charge in [0.15, 0.2) is 0 Å². The van der Waals surface area contributed by atoms with Gasteiger partial charge in [0.25, 0.3) is 5.91 Å². The molecule has 4 rings (SSSR count). The molecular weight excluding hydrogens is 328 g/mol. The highest BCUT2D eigenvalue weighted by Gasteiger charge is 2.26. The highest BCUT2D eigenvalue weighted by molar-refractivity contribution is 6.32. The zero-order valence-corrected chi connectivity index (χ0v) is 13.8. The molecule has 122 valence electrons. The minimum atomic E-state index is -0.0652. The fourth-order valence-corrected chi connectivity index (χ4v) is 3.13. The van der Waals surface area contributed by atoms with E-state index in [0.717, 1.165) is 23.5 Å². The monoisotopic (exact) mass is 342 g/mol. The minimum Gasteiger partial charge on any atom is -0.332 e. The lowest BCUT2D eigenvalue weighted by Crippen LogP contribution is -2.36. The van der Waals surface area contributed by atoms with E-state index < -0.39 is 0 Å². The molecule has 0 saturated heterocycles. The second-order valence-electron chi connectivity index (χ2n) is 5.71. The first-order valence-corrected chi connectivity index (χ1v) is 7.97. The van der Waals surface area contributed by atoms with Crippen molar-refractivity contribution in [1.29, 1.82) is 0 Å². The van der Waals surface area contributed by atoms with Crippen molar-refractivity contribution in [2.45, 2.75) is 13.0 Å². The Balaban J connectivity index is 1.57. The number of rotatable bonds is 2. The van der Waals surface area contributed by atoms with Crippen LogP contribution in [-0.2, 0) is 20.0 Å². The highest BCUT2D eigenvalue weighted by Crippen LogP contribution is 2.21. The van der Waals surface area contributed by atoms with Crippen LogP contribution in [0.2, 0.25) is 5.02 Å². The number of hydrogen-bond acceptors (Lipinski definition) is 4. The molecule has 0 unspecified atom stereocenters. The number of carbonyl (C=O) groups excluding carboxylic acids is 1. The average Bonchev–Trinajstić information content (AvgIpc) is 3.22. The van der Waals surface area contributed by atoms with Crippen LogP contribution in [0.4, 0.5) is 0 Å². The van der Waals surface area contributed by atoms with E-state index in [0.29, 0.717) is 23.7 Å². The summed E-state index contributed by atoms with van der Waals surface area (Å²) in [5.41, 5.74) is 3.22. The van der Waals surface area contributed by atoms with Crippen molar-refractivity contribution < 1.29 is 4.79 Å². The van der Waals surface area contributed by atoms with E-state index in [2.05, 4.69) is 15.4 Å². The van der Waals surface area contributed by atoms with Gasteiger partial charge in [-0.2, -0.15) is 5.10 Å². The van der Waals surface area contributed by atoms with Crippen LogP contribution in [0.5, 0.6) is 0 Å². The predicted octanol–water partition coefficient (Wildman–Crippen LogP) is 1.85. The molecule has 0 aliphatic carbocycles. The molecule has 0 saturated carbocycles. The number of benzene rings is 1. The van der Waals surface area contributed by atoms with E-state index in [1.165, 1.54) is 0 Å². The van der Waals surface area contributed by atoms with Gasteiger partial charge in [0.2, 0.25) is 0 Å². The number of para-hydroxylation sites is 1. The first-order chi connectivity index (χ1) is 11.6. The SMILES string of the molecule is Cn1nnc2c1CCN(C(=O)c1cnn(-c3ccccc3Cl)c1)C2. The molecule has 0 N–H and O–H groups in total. The van der Waals surface area contributed by atoms with Crippen LogP contribution in [0.3, 0.4) is 0 Å². The molecule has 1 amide bonds. The summed E-state index contributed by atoms with van der Waals surface area (Å²) in [5.74, 6) is -0.0652. The van der Waals surface area contributed by atoms with Crippen LogP contribution in [0, 0.1) is 0 Å². The molecule has 7 nitrogen and oxygen atoms in total. The lowest BCUT2D eigenvalue weighted by Gasteiger charge is -2.25. The van der Waals surface area contributed by atoms with Crippen LogP contribution in [0.15, 0.2) is 36.7 Å². The maximum absolute atomic E-state index is 12.7. The van der Waals surface area contributed by atoms with Crippen molar-refractivity contribution in [1.82, 2.24) is 29.7 Å². The fraction of sp³-hybridized carbons (Fsp3) is 0.250. The molecule has 0 atom stereocenters. The number of halogens is 1. The third kappa shape index (κ3) is 2.46. The number of fused-ring (bicyclic) bond motifs is 1. The molecule has 0 radical (unpaired) electrons. The second-order valence-corrected chi connectivity index (χ2v) is 6.12. The molecule has 0 bridgehead atoms. The van der Waals surface area contributed by atoms with Gasteiger partial charge in [0, 0.05) is 26.2 Å². The maximum Gasteiger partial charge on any atom is 0.257 e. The van der Waals surface area contributed by atoms with E-state index in [9.17, 15) is 4.79 Å². The van der Waals surface area contributed by atoms with E-state index in [-0.39, 0.29) is 5.91 Å². The Morgan fingerprint density at radius 2 is 2.12 bits per heavy atom. The van der Waals surface area contributed by atoms with Crippen molar-refractivity contribution in [3.63, 3.8) is 0 Å². The topological polar surface area (TPSA) is 68.8 Å². The number of carbonyl (C=O) groups is 1. The minimum absolute atomic E-state index is 0.0652. The Morgan fingerprint density at radius 1 is 1.29 bits per heavy atom. The standard InChI is InChI=1S/C16H15ClN6O/c1-21-15-6-7-22(10-13(15)19-20-21)16(24)11-8-18-23(9-11)14-5-3-2-4-12(14)17/h2-5,8-9H,6-7,10H2,1H3. The molecule has 0 spiro atoms. The number of nitrogens with zero attached hydrogens (tertiary/aromatic N) is 6. The van der Waals surface area contributed by atoms with Gasteiger partial charge in [-0.05, 0) is 12.1 Å². The maximum atomic E-state index is 12.7. The Bertz CT molecular complexity index is 915. The van der Waals surface area contributed by atoms with Crippen LogP contribution in [-0.4, -0.2) is 42.1 Å². The van der Waals surface area contributed by atoms with Gasteiger partial charge in [-0.3, -0.25) is 9.48 Å². The van der Waals surface area contributed by atoms with Crippen molar-refractivity contribution in [2.24, 2.45) is 7.05 Å². The van der Waals surface area contributed by atoms with Crippen LogP contribution in [0.1, 0.15) is 21.7 Å². The number of hydrogen-bond donors (Lipinski definition) is 0. The third-order valence-electron chi connectivity index (χ3n) is 4.20. The zero-order valence-electron chi connectivity index (χ0n) is 13.1. The van der Waals surface area contributed by atoms with E-state index in [1.54, 1.807) is 32.7 Å². The molecular formula is C16H15ClN6O. The first-order valence-electron chi connectivity index (χ1n) is 7.60. The van der Waals surface area contributed by atoms with Gasteiger partial charge >= 0.3 is 0 Å². The van der Waals surface area contributed by atoms with Crippen LogP contribution in [0.25, 0.3) is 5.69 Å². The molecule has 3 aromatic rings. The Morgan fingerprint density at radius 3 is 2.96 bits per heavy atom. The highest BCUT2D eigenvalue weighted by atomic mass is 35.5. The van der Waals surface area contributed by atoms with Gasteiger partial charge in [-0.1, -0.05) is 28.9 Å². The van der Waals surface area contributed by atoms with Crippen molar-refractivity contribution in [2.75, 3.05) is 6.54 Å². The normalized spacial score (nSPS) is 13.8. The fourth-order valence-electron chi connectivity index (χ4n) is 2.91. The smallest absolute Gasteiger partial charge is 0.257 e. The summed E-state index contributed by atoms with van der Waals surface area (Å²) in [5, 5.41) is 13.0. The van der Waals surface area contributed by atoms with Gasteiger partial charge in [-0.15, -0.1) is 5.10 Å². The predicted molar refractivity (Wildman–Crippen MR) is 88.0 cm³/mol. The van der Waals surface area contributed by atoms with E-state index in [1.807, 2.05) is 25.2 Å². The van der Waals surface area contributed by atoms with Crippen molar-refractivity contribution in [3.8, 4) is 5.69 Å².